The molecule has 0 bridgehead atoms. The number of pyridine rings is 1. The number of benzene rings is 1. The molecular formula is C29H34ClN5O6. The fraction of sp³-hybridized carbons (Fsp3) is 0.517. The van der Waals surface area contributed by atoms with Crippen molar-refractivity contribution in [1.29, 1.82) is 0 Å². The second-order valence-corrected chi connectivity index (χ2v) is 12.0. The molecule has 1 saturated heterocycles. The highest BCUT2D eigenvalue weighted by molar-refractivity contribution is 6.33. The first-order valence-corrected chi connectivity index (χ1v) is 14.3. The van der Waals surface area contributed by atoms with Crippen LogP contribution in [0.4, 0.5) is 4.79 Å². The highest BCUT2D eigenvalue weighted by Gasteiger charge is 2.34. The van der Waals surface area contributed by atoms with Crippen LogP contribution in [0.15, 0.2) is 35.4 Å². The Bertz CT molecular complexity index is 1510. The molecule has 0 spiro atoms. The summed E-state index contributed by atoms with van der Waals surface area (Å²) >= 11 is 6.37. The lowest BCUT2D eigenvalue weighted by molar-refractivity contribution is 0.00440. The number of hydrogen-bond donors (Lipinski definition) is 0. The highest BCUT2D eigenvalue weighted by atomic mass is 35.5. The summed E-state index contributed by atoms with van der Waals surface area (Å²) in [7, 11) is 0. The number of rotatable bonds is 5. The summed E-state index contributed by atoms with van der Waals surface area (Å²) in [5, 5.41) is 0.465. The zero-order valence-electron chi connectivity index (χ0n) is 23.5. The molecule has 3 aliphatic rings. The van der Waals surface area contributed by atoms with E-state index in [1.54, 1.807) is 27.8 Å². The van der Waals surface area contributed by atoms with Gasteiger partial charge in [0.2, 0.25) is 0 Å². The van der Waals surface area contributed by atoms with Crippen molar-refractivity contribution in [3.05, 3.63) is 51.7 Å². The molecule has 1 unspecified atom stereocenters. The molecule has 12 heteroatoms. The number of fused-ring (bicyclic) bond motifs is 1. The minimum absolute atomic E-state index is 0.0337. The van der Waals surface area contributed by atoms with Gasteiger partial charge in [-0.05, 0) is 45.7 Å². The number of nitrogens with zero attached hydrogens (tertiary/aromatic N) is 5. The molecule has 11 nitrogen and oxygen atoms in total. The summed E-state index contributed by atoms with van der Waals surface area (Å²) in [5.74, 6) is 1.75. The Morgan fingerprint density at radius 1 is 1.10 bits per heavy atom. The number of carbonyl (C=O) groups excluding carboxylic acids is 1. The molecule has 2 aromatic heterocycles. The van der Waals surface area contributed by atoms with Crippen LogP contribution in [0.1, 0.15) is 45.3 Å². The summed E-state index contributed by atoms with van der Waals surface area (Å²) in [6.45, 7) is 9.34. The van der Waals surface area contributed by atoms with Gasteiger partial charge in [-0.3, -0.25) is 19.2 Å². The number of aromatic nitrogens is 3. The van der Waals surface area contributed by atoms with Crippen molar-refractivity contribution in [2.75, 3.05) is 39.5 Å². The molecule has 1 amide bonds. The standard InChI is InChI=1S/C29H34ClN5O6/c1-29(2,3)41-28(37)34(15-18-12-23-24(13-31-18)39-11-10-38-23)19-6-8-33(9-7-19)16-20-17-40-27-21(30)4-5-22-26(27)35(20)25(36)14-32-22/h4-5,12-14,19-20H,6-11,15-17H2,1-3H3. The number of likely N-dealkylation sites (tertiary alicyclic amines) is 1. The third kappa shape index (κ3) is 5.78. The van der Waals surface area contributed by atoms with E-state index in [9.17, 15) is 9.59 Å². The Morgan fingerprint density at radius 2 is 1.85 bits per heavy atom. The van der Waals surface area contributed by atoms with Crippen molar-refractivity contribution in [2.24, 2.45) is 0 Å². The predicted molar refractivity (Wildman–Crippen MR) is 152 cm³/mol. The number of ether oxygens (including phenoxy) is 4. The van der Waals surface area contributed by atoms with Gasteiger partial charge in [0, 0.05) is 31.7 Å². The number of carbonyl (C=O) groups is 1. The first-order chi connectivity index (χ1) is 19.7. The molecule has 0 N–H and O–H groups in total. The van der Waals surface area contributed by atoms with Crippen LogP contribution in [0.5, 0.6) is 17.2 Å². The fourth-order valence-corrected chi connectivity index (χ4v) is 5.89. The Labute approximate surface area is 242 Å². The van der Waals surface area contributed by atoms with E-state index in [1.165, 1.54) is 6.20 Å². The average Bonchev–Trinajstić information content (AvgIpc) is 2.95. The van der Waals surface area contributed by atoms with E-state index in [-0.39, 0.29) is 23.7 Å². The van der Waals surface area contributed by atoms with Gasteiger partial charge >= 0.3 is 6.09 Å². The van der Waals surface area contributed by atoms with Gasteiger partial charge in [-0.25, -0.2) is 9.78 Å². The molecule has 1 aromatic carbocycles. The van der Waals surface area contributed by atoms with Crippen LogP contribution in [0, 0.1) is 0 Å². The van der Waals surface area contributed by atoms with Gasteiger partial charge in [0.25, 0.3) is 5.56 Å². The topological polar surface area (TPSA) is 108 Å². The predicted octanol–water partition coefficient (Wildman–Crippen LogP) is 4.05. The Balaban J connectivity index is 1.17. The Kier molecular flexibility index (Phi) is 7.41. The number of halogens is 1. The van der Waals surface area contributed by atoms with Crippen LogP contribution in [0.25, 0.3) is 11.0 Å². The molecule has 1 atom stereocenters. The van der Waals surface area contributed by atoms with Gasteiger partial charge in [-0.2, -0.15) is 0 Å². The maximum atomic E-state index is 13.4. The van der Waals surface area contributed by atoms with Crippen LogP contribution in [0.3, 0.4) is 0 Å². The lowest BCUT2D eigenvalue weighted by Gasteiger charge is -2.40. The van der Waals surface area contributed by atoms with E-state index in [4.69, 9.17) is 30.5 Å². The maximum Gasteiger partial charge on any atom is 0.410 e. The fourth-order valence-electron chi connectivity index (χ4n) is 5.68. The van der Waals surface area contributed by atoms with Crippen LogP contribution in [-0.2, 0) is 11.3 Å². The first kappa shape index (κ1) is 27.6. The van der Waals surface area contributed by atoms with Gasteiger partial charge in [0.05, 0.1) is 41.2 Å². The molecule has 41 heavy (non-hydrogen) atoms. The zero-order valence-corrected chi connectivity index (χ0v) is 24.2. The number of piperidine rings is 1. The first-order valence-electron chi connectivity index (χ1n) is 14.0. The quantitative estimate of drug-likeness (QED) is 0.439. The summed E-state index contributed by atoms with van der Waals surface area (Å²) in [5.41, 5.74) is 1.22. The Hall–Kier alpha value is -3.57. The van der Waals surface area contributed by atoms with Crippen molar-refractivity contribution in [3.8, 4) is 17.2 Å². The number of amides is 1. The third-order valence-corrected chi connectivity index (χ3v) is 7.85. The summed E-state index contributed by atoms with van der Waals surface area (Å²) in [4.78, 5) is 39.2. The van der Waals surface area contributed by atoms with Gasteiger partial charge in [-0.1, -0.05) is 11.6 Å². The van der Waals surface area contributed by atoms with Gasteiger partial charge in [-0.15, -0.1) is 0 Å². The minimum atomic E-state index is -0.625. The average molecular weight is 584 g/mol. The van der Waals surface area contributed by atoms with E-state index in [0.717, 1.165) is 25.9 Å². The molecule has 0 aliphatic carbocycles. The van der Waals surface area contributed by atoms with Crippen LogP contribution < -0.4 is 19.8 Å². The molecule has 5 heterocycles. The summed E-state index contributed by atoms with van der Waals surface area (Å²) in [6.07, 6.45) is 4.14. The molecule has 1 fully saturated rings. The van der Waals surface area contributed by atoms with Crippen molar-refractivity contribution in [1.82, 2.24) is 24.3 Å². The molecule has 3 aromatic rings. The third-order valence-electron chi connectivity index (χ3n) is 7.55. The molecule has 6 rings (SSSR count). The SMILES string of the molecule is CC(C)(C)OC(=O)N(Cc1cc2c(cn1)OCCO2)C1CCN(CC2COc3c(Cl)ccc4ncc(=O)n2c34)CC1. The van der Waals surface area contributed by atoms with Crippen molar-refractivity contribution in [3.63, 3.8) is 0 Å². The number of hydrogen-bond acceptors (Lipinski definition) is 9. The van der Waals surface area contributed by atoms with Crippen LogP contribution in [0.2, 0.25) is 5.02 Å². The lowest BCUT2D eigenvalue weighted by Crippen LogP contribution is -2.50. The molecular weight excluding hydrogens is 550 g/mol. The van der Waals surface area contributed by atoms with Crippen molar-refractivity contribution in [2.45, 2.75) is 57.8 Å². The minimum Gasteiger partial charge on any atom is -0.488 e. The van der Waals surface area contributed by atoms with E-state index in [2.05, 4.69) is 14.9 Å². The summed E-state index contributed by atoms with van der Waals surface area (Å²) in [6, 6.07) is 5.16. The molecule has 218 valence electrons. The van der Waals surface area contributed by atoms with Gasteiger partial charge in [0.15, 0.2) is 17.2 Å². The van der Waals surface area contributed by atoms with E-state index in [1.807, 2.05) is 26.8 Å². The van der Waals surface area contributed by atoms with E-state index >= 15 is 0 Å². The molecule has 3 aliphatic heterocycles. The largest absolute Gasteiger partial charge is 0.488 e. The van der Waals surface area contributed by atoms with Gasteiger partial charge in [0.1, 0.15) is 30.9 Å². The normalized spacial score (nSPS) is 19.1. The van der Waals surface area contributed by atoms with Crippen LogP contribution in [-0.4, -0.2) is 81.5 Å². The second kappa shape index (κ2) is 11.0. The van der Waals surface area contributed by atoms with E-state index < -0.39 is 5.60 Å². The smallest absolute Gasteiger partial charge is 0.410 e. The zero-order chi connectivity index (χ0) is 28.7. The highest BCUT2D eigenvalue weighted by Crippen LogP contribution is 2.37. The monoisotopic (exact) mass is 583 g/mol. The second-order valence-electron chi connectivity index (χ2n) is 11.6. The Morgan fingerprint density at radius 3 is 2.61 bits per heavy atom. The van der Waals surface area contributed by atoms with E-state index in [0.29, 0.717) is 71.9 Å². The molecule has 0 saturated carbocycles. The maximum absolute atomic E-state index is 13.4. The molecule has 0 radical (unpaired) electrons. The van der Waals surface area contributed by atoms with Crippen LogP contribution >= 0.6 is 11.6 Å². The van der Waals surface area contributed by atoms with Crippen molar-refractivity contribution < 1.29 is 23.7 Å². The van der Waals surface area contributed by atoms with Crippen molar-refractivity contribution >= 4 is 28.7 Å². The summed E-state index contributed by atoms with van der Waals surface area (Å²) < 4.78 is 24.9. The van der Waals surface area contributed by atoms with Gasteiger partial charge < -0.3 is 23.8 Å². The lowest BCUT2D eigenvalue weighted by atomic mass is 10.0.